The molecule has 3 heteroatoms. The van der Waals surface area contributed by atoms with Gasteiger partial charge >= 0.3 is 11.8 Å². The maximum Gasteiger partial charge on any atom is 0.384 e. The lowest BCUT2D eigenvalue weighted by molar-refractivity contribution is -0.669. The van der Waals surface area contributed by atoms with Gasteiger partial charge in [0.15, 0.2) is 6.54 Å². The minimum absolute atomic E-state index is 0.0661. The number of aromatic nitrogens is 1. The van der Waals surface area contributed by atoms with E-state index < -0.39 is 0 Å². The Morgan fingerprint density at radius 3 is 2.04 bits per heavy atom. The molecule has 0 aliphatic heterocycles. The zero-order chi connectivity index (χ0) is 17.9. The monoisotopic (exact) mass is 342 g/mol. The van der Waals surface area contributed by atoms with Crippen molar-refractivity contribution in [2.24, 2.45) is 0 Å². The molecule has 0 aliphatic carbocycles. The Morgan fingerprint density at radius 1 is 0.769 bits per heavy atom. The maximum absolute atomic E-state index is 10.6. The summed E-state index contributed by atoms with van der Waals surface area (Å²) in [6.45, 7) is 2.66. The van der Waals surface area contributed by atoms with E-state index in [4.69, 9.17) is 4.42 Å². The van der Waals surface area contributed by atoms with Gasteiger partial charge in [-0.05, 0) is 31.2 Å². The van der Waals surface area contributed by atoms with Crippen molar-refractivity contribution in [3.05, 3.63) is 96.1 Å². The first-order valence-corrected chi connectivity index (χ1v) is 8.64. The van der Waals surface area contributed by atoms with Gasteiger partial charge in [0.05, 0.1) is 11.1 Å². The molecule has 0 bridgehead atoms. The van der Waals surface area contributed by atoms with Crippen LogP contribution in [0.3, 0.4) is 0 Å². The summed E-state index contributed by atoms with van der Waals surface area (Å²) in [5.74, 6) is 0.575. The summed E-state index contributed by atoms with van der Waals surface area (Å²) < 4.78 is 7.84. The van der Waals surface area contributed by atoms with Gasteiger partial charge in [-0.15, -0.1) is 4.57 Å². The van der Waals surface area contributed by atoms with E-state index in [0.717, 1.165) is 16.7 Å². The zero-order valence-corrected chi connectivity index (χ0v) is 14.6. The van der Waals surface area contributed by atoms with Gasteiger partial charge in [-0.3, -0.25) is 0 Å². The number of aromatic hydroxyl groups is 1. The normalized spacial score (nSPS) is 10.8. The Labute approximate surface area is 152 Å². The van der Waals surface area contributed by atoms with Crippen molar-refractivity contribution in [3.8, 4) is 28.7 Å². The maximum atomic E-state index is 10.6. The molecule has 0 fully saturated rings. The van der Waals surface area contributed by atoms with Crippen molar-refractivity contribution in [2.75, 3.05) is 0 Å². The van der Waals surface area contributed by atoms with Gasteiger partial charge in [0.1, 0.15) is 0 Å². The van der Waals surface area contributed by atoms with E-state index in [1.165, 1.54) is 5.56 Å². The zero-order valence-electron chi connectivity index (χ0n) is 14.6. The summed E-state index contributed by atoms with van der Waals surface area (Å²) in [5, 5.41) is 10.6. The molecule has 1 N–H and O–H groups in total. The molecular weight excluding hydrogens is 322 g/mol. The predicted molar refractivity (Wildman–Crippen MR) is 102 cm³/mol. The lowest BCUT2D eigenvalue weighted by Crippen LogP contribution is -2.36. The topological polar surface area (TPSA) is 37.3 Å². The summed E-state index contributed by atoms with van der Waals surface area (Å²) in [4.78, 5) is 0. The third kappa shape index (κ3) is 3.11. The smallest absolute Gasteiger partial charge is 0.384 e. The van der Waals surface area contributed by atoms with Crippen LogP contribution in [0.2, 0.25) is 0 Å². The van der Waals surface area contributed by atoms with Crippen LogP contribution in [0.25, 0.3) is 22.7 Å². The van der Waals surface area contributed by atoms with Crippen LogP contribution >= 0.6 is 0 Å². The Kier molecular flexibility index (Phi) is 4.28. The number of oxazole rings is 1. The van der Waals surface area contributed by atoms with Crippen molar-refractivity contribution < 1.29 is 14.1 Å². The van der Waals surface area contributed by atoms with E-state index in [1.54, 1.807) is 0 Å². The summed E-state index contributed by atoms with van der Waals surface area (Å²) >= 11 is 0. The summed E-state index contributed by atoms with van der Waals surface area (Å²) in [6, 6.07) is 28.1. The summed E-state index contributed by atoms with van der Waals surface area (Å²) in [7, 11) is 0. The number of rotatable bonds is 4. The van der Waals surface area contributed by atoms with E-state index >= 15 is 0 Å². The molecule has 4 rings (SSSR count). The average Bonchev–Trinajstić information content (AvgIpc) is 3.00. The third-order valence-corrected chi connectivity index (χ3v) is 4.44. The predicted octanol–water partition coefficient (Wildman–Crippen LogP) is 4.96. The highest BCUT2D eigenvalue weighted by Crippen LogP contribution is 2.32. The van der Waals surface area contributed by atoms with E-state index in [-0.39, 0.29) is 5.95 Å². The Hall–Kier alpha value is -3.33. The number of hydrogen-bond acceptors (Lipinski definition) is 2. The highest BCUT2D eigenvalue weighted by Gasteiger charge is 2.31. The van der Waals surface area contributed by atoms with Crippen LogP contribution in [0, 0.1) is 6.92 Å². The summed E-state index contributed by atoms with van der Waals surface area (Å²) in [6.07, 6.45) is 0. The largest absolute Gasteiger partial charge is 0.476 e. The average molecular weight is 342 g/mol. The SMILES string of the molecule is Cc1ccc(-c2c(O)oc(-c3ccccc3)[n+]2Cc2ccccc2)cc1. The van der Waals surface area contributed by atoms with Crippen LogP contribution < -0.4 is 4.57 Å². The third-order valence-electron chi connectivity index (χ3n) is 4.44. The van der Waals surface area contributed by atoms with Crippen molar-refractivity contribution >= 4 is 0 Å². The highest BCUT2D eigenvalue weighted by molar-refractivity contribution is 5.63. The Morgan fingerprint density at radius 2 is 1.38 bits per heavy atom. The molecule has 1 aromatic heterocycles. The molecular formula is C23H20NO2+. The highest BCUT2D eigenvalue weighted by atomic mass is 16.5. The van der Waals surface area contributed by atoms with Crippen LogP contribution in [-0.2, 0) is 6.54 Å². The van der Waals surface area contributed by atoms with E-state index in [2.05, 4.69) is 12.1 Å². The molecule has 0 amide bonds. The van der Waals surface area contributed by atoms with E-state index in [0.29, 0.717) is 18.1 Å². The fraction of sp³-hybridized carbons (Fsp3) is 0.0870. The molecule has 0 atom stereocenters. The molecule has 1 heterocycles. The summed E-state index contributed by atoms with van der Waals surface area (Å²) in [5.41, 5.74) is 4.86. The first-order valence-electron chi connectivity index (χ1n) is 8.64. The van der Waals surface area contributed by atoms with Crippen molar-refractivity contribution in [1.29, 1.82) is 0 Å². The molecule has 3 aromatic carbocycles. The fourth-order valence-corrected chi connectivity index (χ4v) is 3.12. The van der Waals surface area contributed by atoms with Crippen LogP contribution in [0.5, 0.6) is 5.95 Å². The van der Waals surface area contributed by atoms with Gasteiger partial charge in [0.2, 0.25) is 0 Å². The molecule has 26 heavy (non-hydrogen) atoms. The molecule has 0 radical (unpaired) electrons. The minimum atomic E-state index is -0.0661. The van der Waals surface area contributed by atoms with Gasteiger partial charge in [-0.1, -0.05) is 66.2 Å². The number of benzene rings is 3. The number of hydrogen-bond donors (Lipinski definition) is 1. The van der Waals surface area contributed by atoms with Gasteiger partial charge in [0.25, 0.3) is 5.69 Å². The Bertz CT molecular complexity index is 1000. The molecule has 3 nitrogen and oxygen atoms in total. The molecule has 128 valence electrons. The lowest BCUT2D eigenvalue weighted by Gasteiger charge is -2.02. The lowest BCUT2D eigenvalue weighted by atomic mass is 10.1. The second-order valence-corrected chi connectivity index (χ2v) is 6.36. The molecule has 0 spiro atoms. The molecule has 0 unspecified atom stereocenters. The molecule has 0 aliphatic rings. The molecule has 0 saturated carbocycles. The van der Waals surface area contributed by atoms with Gasteiger partial charge < -0.3 is 9.52 Å². The van der Waals surface area contributed by atoms with Crippen molar-refractivity contribution in [1.82, 2.24) is 0 Å². The van der Waals surface area contributed by atoms with E-state index in [1.807, 2.05) is 84.3 Å². The number of aryl methyl sites for hydroxylation is 1. The minimum Gasteiger partial charge on any atom is -0.476 e. The number of nitrogens with zero attached hydrogens (tertiary/aromatic N) is 1. The van der Waals surface area contributed by atoms with E-state index in [9.17, 15) is 5.11 Å². The van der Waals surface area contributed by atoms with Gasteiger partial charge in [-0.25, -0.2) is 0 Å². The fourth-order valence-electron chi connectivity index (χ4n) is 3.12. The standard InChI is InChI=1S/C23H19NO2/c1-17-12-14-19(15-13-17)21-23(25)26-22(20-10-6-3-7-11-20)24(21)16-18-8-4-2-5-9-18/h2-15H,16H2,1H3/p+1. The van der Waals surface area contributed by atoms with Gasteiger partial charge in [0, 0.05) is 5.56 Å². The van der Waals surface area contributed by atoms with Gasteiger partial charge in [-0.2, -0.15) is 0 Å². The van der Waals surface area contributed by atoms with Crippen LogP contribution in [-0.4, -0.2) is 5.11 Å². The quantitative estimate of drug-likeness (QED) is 0.532. The van der Waals surface area contributed by atoms with Crippen LogP contribution in [0.1, 0.15) is 11.1 Å². The second kappa shape index (κ2) is 6.89. The second-order valence-electron chi connectivity index (χ2n) is 6.36. The van der Waals surface area contributed by atoms with Crippen molar-refractivity contribution in [2.45, 2.75) is 13.5 Å². The molecule has 4 aromatic rings. The van der Waals surface area contributed by atoms with Crippen LogP contribution in [0.15, 0.2) is 89.3 Å². The van der Waals surface area contributed by atoms with Crippen LogP contribution in [0.4, 0.5) is 0 Å². The molecule has 0 saturated heterocycles. The first kappa shape index (κ1) is 16.2. The van der Waals surface area contributed by atoms with Crippen molar-refractivity contribution in [3.63, 3.8) is 0 Å². The Balaban J connectivity index is 1.90. The first-order chi connectivity index (χ1) is 12.7.